The normalized spacial score (nSPS) is 18.0. The molecule has 0 aliphatic heterocycles. The van der Waals surface area contributed by atoms with Gasteiger partial charge in [-0.1, -0.05) is 19.1 Å². The molecule has 2 unspecified atom stereocenters. The summed E-state index contributed by atoms with van der Waals surface area (Å²) in [5.41, 5.74) is 0.815. The third kappa shape index (κ3) is 4.66. The smallest absolute Gasteiger partial charge is 0.253 e. The van der Waals surface area contributed by atoms with Crippen LogP contribution in [-0.4, -0.2) is 11.8 Å². The van der Waals surface area contributed by atoms with E-state index in [4.69, 9.17) is 8.83 Å². The minimum atomic E-state index is -0.339. The molecule has 1 aromatic carbocycles. The molecule has 2 amide bonds. The van der Waals surface area contributed by atoms with Crippen LogP contribution in [0.2, 0.25) is 0 Å². The highest BCUT2D eigenvalue weighted by molar-refractivity contribution is 6.07. The number of hydrogen-bond acceptors (Lipinski definition) is 4. The fourth-order valence-corrected chi connectivity index (χ4v) is 3.17. The number of carbonyl (C=O) groups is 2. The molecule has 29 heavy (non-hydrogen) atoms. The van der Waals surface area contributed by atoms with E-state index in [0.717, 1.165) is 12.2 Å². The van der Waals surface area contributed by atoms with E-state index in [-0.39, 0.29) is 18.4 Å². The number of hydrogen-bond donors (Lipinski definition) is 2. The first-order valence-corrected chi connectivity index (χ1v) is 9.58. The standard InChI is InChI=1S/C23H22N2O4/c1-15-13-19(15)21-10-8-16(29-21)9-11-22(26)25-20-7-3-2-6-18(20)23(27)24-14-17-5-4-12-28-17/h2-12,15,19H,13-14H2,1H3,(H,24,27)(H,25,26)/b11-9+. The first-order valence-electron chi connectivity index (χ1n) is 9.58. The van der Waals surface area contributed by atoms with E-state index in [2.05, 4.69) is 17.6 Å². The van der Waals surface area contributed by atoms with Crippen LogP contribution < -0.4 is 10.6 Å². The van der Waals surface area contributed by atoms with Crippen molar-refractivity contribution in [2.45, 2.75) is 25.8 Å². The molecule has 6 heteroatoms. The largest absolute Gasteiger partial charge is 0.467 e. The Bertz CT molecular complexity index is 1030. The molecule has 0 radical (unpaired) electrons. The highest BCUT2D eigenvalue weighted by Crippen LogP contribution is 2.47. The van der Waals surface area contributed by atoms with Gasteiger partial charge in [0.15, 0.2) is 0 Å². The lowest BCUT2D eigenvalue weighted by Crippen LogP contribution is -2.24. The molecule has 2 atom stereocenters. The fourth-order valence-electron chi connectivity index (χ4n) is 3.17. The summed E-state index contributed by atoms with van der Waals surface area (Å²) in [4.78, 5) is 24.8. The van der Waals surface area contributed by atoms with Gasteiger partial charge in [-0.25, -0.2) is 0 Å². The molecule has 1 saturated carbocycles. The first kappa shape index (κ1) is 18.8. The van der Waals surface area contributed by atoms with E-state index in [1.165, 1.54) is 6.08 Å². The number of amides is 2. The molecule has 6 nitrogen and oxygen atoms in total. The summed E-state index contributed by atoms with van der Waals surface area (Å²) in [6, 6.07) is 14.2. The maximum atomic E-state index is 12.5. The molecule has 2 aromatic heterocycles. The Hall–Kier alpha value is -3.54. The van der Waals surface area contributed by atoms with Gasteiger partial charge in [0.2, 0.25) is 5.91 Å². The second-order valence-corrected chi connectivity index (χ2v) is 7.19. The highest BCUT2D eigenvalue weighted by Gasteiger charge is 2.36. The molecule has 1 fully saturated rings. The molecule has 2 heterocycles. The van der Waals surface area contributed by atoms with Crippen molar-refractivity contribution in [2.24, 2.45) is 5.92 Å². The van der Waals surface area contributed by atoms with Gasteiger partial charge >= 0.3 is 0 Å². The molecule has 4 rings (SSSR count). The van der Waals surface area contributed by atoms with Gasteiger partial charge in [0, 0.05) is 12.0 Å². The highest BCUT2D eigenvalue weighted by atomic mass is 16.3. The number of benzene rings is 1. The van der Waals surface area contributed by atoms with Gasteiger partial charge in [-0.05, 0) is 54.8 Å². The summed E-state index contributed by atoms with van der Waals surface area (Å²) in [6.45, 7) is 2.47. The summed E-state index contributed by atoms with van der Waals surface area (Å²) in [7, 11) is 0. The molecule has 1 aliphatic rings. The van der Waals surface area contributed by atoms with Crippen molar-refractivity contribution in [1.82, 2.24) is 5.32 Å². The third-order valence-electron chi connectivity index (χ3n) is 4.95. The van der Waals surface area contributed by atoms with Crippen LogP contribution in [0.4, 0.5) is 5.69 Å². The number of carbonyl (C=O) groups excluding carboxylic acids is 2. The predicted molar refractivity (Wildman–Crippen MR) is 109 cm³/mol. The number of nitrogens with one attached hydrogen (secondary N) is 2. The molecule has 2 N–H and O–H groups in total. The lowest BCUT2D eigenvalue weighted by atomic mass is 10.1. The molecular formula is C23H22N2O4. The first-order chi connectivity index (χ1) is 14.1. The zero-order valence-electron chi connectivity index (χ0n) is 16.1. The van der Waals surface area contributed by atoms with E-state index < -0.39 is 0 Å². The number of anilines is 1. The molecule has 0 bridgehead atoms. The summed E-state index contributed by atoms with van der Waals surface area (Å²) in [5, 5.41) is 5.53. The van der Waals surface area contributed by atoms with Crippen LogP contribution in [-0.2, 0) is 11.3 Å². The topological polar surface area (TPSA) is 84.5 Å². The average molecular weight is 390 g/mol. The third-order valence-corrected chi connectivity index (χ3v) is 4.95. The molecule has 1 aliphatic carbocycles. The van der Waals surface area contributed by atoms with E-state index >= 15 is 0 Å². The monoisotopic (exact) mass is 390 g/mol. The van der Waals surface area contributed by atoms with Crippen LogP contribution in [0.5, 0.6) is 0 Å². The predicted octanol–water partition coefficient (Wildman–Crippen LogP) is 4.58. The summed E-state index contributed by atoms with van der Waals surface area (Å²) in [5.74, 6) is 2.79. The van der Waals surface area contributed by atoms with Crippen molar-refractivity contribution in [3.05, 3.63) is 83.7 Å². The van der Waals surface area contributed by atoms with E-state index in [1.54, 1.807) is 48.7 Å². The van der Waals surface area contributed by atoms with Crippen molar-refractivity contribution in [3.8, 4) is 0 Å². The SMILES string of the molecule is CC1CC1c1ccc(/C=C/C(=O)Nc2ccccc2C(=O)NCc2ccco2)o1. The maximum absolute atomic E-state index is 12.5. The van der Waals surface area contributed by atoms with Crippen LogP contribution in [0.25, 0.3) is 6.08 Å². The van der Waals surface area contributed by atoms with Gasteiger partial charge in [-0.15, -0.1) is 0 Å². The lowest BCUT2D eigenvalue weighted by Gasteiger charge is -2.09. The van der Waals surface area contributed by atoms with E-state index in [1.807, 2.05) is 12.1 Å². The van der Waals surface area contributed by atoms with Gasteiger partial charge in [0.05, 0.1) is 24.1 Å². The minimum absolute atomic E-state index is 0.272. The van der Waals surface area contributed by atoms with Gasteiger partial charge in [0.1, 0.15) is 17.3 Å². The number of rotatable bonds is 7. The molecule has 3 aromatic rings. The Labute approximate surface area is 168 Å². The zero-order valence-corrected chi connectivity index (χ0v) is 16.1. The molecular weight excluding hydrogens is 368 g/mol. The zero-order chi connectivity index (χ0) is 20.2. The average Bonchev–Trinajstić information content (AvgIpc) is 3.14. The van der Waals surface area contributed by atoms with Gasteiger partial charge < -0.3 is 19.5 Å². The second kappa shape index (κ2) is 8.22. The van der Waals surface area contributed by atoms with Crippen LogP contribution in [0.1, 0.15) is 46.9 Å². The van der Waals surface area contributed by atoms with Crippen LogP contribution in [0.3, 0.4) is 0 Å². The Balaban J connectivity index is 1.37. The number of furan rings is 2. The van der Waals surface area contributed by atoms with Crippen LogP contribution >= 0.6 is 0 Å². The van der Waals surface area contributed by atoms with E-state index in [9.17, 15) is 9.59 Å². The van der Waals surface area contributed by atoms with Gasteiger partial charge in [-0.3, -0.25) is 9.59 Å². The Morgan fingerprint density at radius 2 is 1.97 bits per heavy atom. The summed E-state index contributed by atoms with van der Waals surface area (Å²) >= 11 is 0. The van der Waals surface area contributed by atoms with Crippen LogP contribution in [0.15, 0.2) is 69.7 Å². The maximum Gasteiger partial charge on any atom is 0.253 e. The summed E-state index contributed by atoms with van der Waals surface area (Å²) < 4.78 is 11.0. The van der Waals surface area contributed by atoms with Crippen molar-refractivity contribution in [3.63, 3.8) is 0 Å². The second-order valence-electron chi connectivity index (χ2n) is 7.19. The van der Waals surface area contributed by atoms with Crippen LogP contribution in [0, 0.1) is 5.92 Å². The van der Waals surface area contributed by atoms with Crippen molar-refractivity contribution < 1.29 is 18.4 Å². The van der Waals surface area contributed by atoms with Gasteiger partial charge in [-0.2, -0.15) is 0 Å². The minimum Gasteiger partial charge on any atom is -0.467 e. The molecule has 0 spiro atoms. The van der Waals surface area contributed by atoms with Crippen molar-refractivity contribution in [2.75, 3.05) is 5.32 Å². The Morgan fingerprint density at radius 1 is 1.14 bits per heavy atom. The van der Waals surface area contributed by atoms with Crippen molar-refractivity contribution >= 4 is 23.6 Å². The summed E-state index contributed by atoms with van der Waals surface area (Å²) in [6.07, 6.45) is 5.73. The number of para-hydroxylation sites is 1. The van der Waals surface area contributed by atoms with E-state index in [0.29, 0.717) is 34.6 Å². The molecule has 148 valence electrons. The van der Waals surface area contributed by atoms with Gasteiger partial charge in [0.25, 0.3) is 5.91 Å². The van der Waals surface area contributed by atoms with Crippen molar-refractivity contribution in [1.29, 1.82) is 0 Å². The quantitative estimate of drug-likeness (QED) is 0.579. The Kier molecular flexibility index (Phi) is 5.33. The Morgan fingerprint density at radius 3 is 2.72 bits per heavy atom. The fraction of sp³-hybridized carbons (Fsp3) is 0.217. The lowest BCUT2D eigenvalue weighted by molar-refractivity contribution is -0.111. The molecule has 0 saturated heterocycles.